The second-order valence-electron chi connectivity index (χ2n) is 6.53. The molecule has 1 fully saturated rings. The third-order valence-corrected chi connectivity index (χ3v) is 5.28. The summed E-state index contributed by atoms with van der Waals surface area (Å²) in [6.45, 7) is 1.39. The lowest BCUT2D eigenvalue weighted by atomic mass is 10.1. The largest absolute Gasteiger partial charge is 0.330 e. The van der Waals surface area contributed by atoms with E-state index in [1.54, 1.807) is 17.5 Å². The first-order valence-corrected chi connectivity index (χ1v) is 8.86. The number of thiophene rings is 1. The molecule has 0 bridgehead atoms. The monoisotopic (exact) mass is 352 g/mol. The first kappa shape index (κ1) is 15.7. The quantitative estimate of drug-likeness (QED) is 0.848. The standard InChI is InChI=1S/C16H18F2N4OS/c17-16(18)10-21(11-16)15(23)5-14-8-20(6-12-2-4-24-9-12)7-13-1-3-19-22(13)14/h1-4,9,14H,5-8,10-11H2. The normalized spacial score (nSPS) is 22.9. The summed E-state index contributed by atoms with van der Waals surface area (Å²) >= 11 is 1.67. The molecule has 1 atom stereocenters. The van der Waals surface area contributed by atoms with Gasteiger partial charge in [0.25, 0.3) is 5.92 Å². The lowest BCUT2D eigenvalue weighted by molar-refractivity contribution is -0.166. The number of amides is 1. The van der Waals surface area contributed by atoms with Gasteiger partial charge in [0.2, 0.25) is 5.91 Å². The fraction of sp³-hybridized carbons (Fsp3) is 0.500. The molecule has 2 aromatic heterocycles. The Labute approximate surface area is 142 Å². The van der Waals surface area contributed by atoms with Crippen molar-refractivity contribution >= 4 is 17.2 Å². The van der Waals surface area contributed by atoms with Crippen LogP contribution in [0.15, 0.2) is 29.1 Å². The van der Waals surface area contributed by atoms with E-state index >= 15 is 0 Å². The molecule has 0 saturated carbocycles. The average Bonchev–Trinajstić information content (AvgIpc) is 3.15. The highest BCUT2D eigenvalue weighted by Crippen LogP contribution is 2.30. The topological polar surface area (TPSA) is 41.4 Å². The van der Waals surface area contributed by atoms with Crippen LogP contribution < -0.4 is 0 Å². The van der Waals surface area contributed by atoms with Gasteiger partial charge in [-0.05, 0) is 28.5 Å². The van der Waals surface area contributed by atoms with Crippen LogP contribution in [0.25, 0.3) is 0 Å². The van der Waals surface area contributed by atoms with Gasteiger partial charge in [-0.3, -0.25) is 14.4 Å². The number of rotatable bonds is 4. The molecule has 128 valence electrons. The maximum atomic E-state index is 13.0. The maximum absolute atomic E-state index is 13.0. The first-order chi connectivity index (χ1) is 11.5. The van der Waals surface area contributed by atoms with Gasteiger partial charge >= 0.3 is 0 Å². The second-order valence-corrected chi connectivity index (χ2v) is 7.31. The van der Waals surface area contributed by atoms with Crippen molar-refractivity contribution in [3.05, 3.63) is 40.3 Å². The molecule has 0 aliphatic carbocycles. The minimum Gasteiger partial charge on any atom is -0.330 e. The highest BCUT2D eigenvalue weighted by Gasteiger charge is 2.46. The van der Waals surface area contributed by atoms with Crippen LogP contribution in [0.3, 0.4) is 0 Å². The molecular weight excluding hydrogens is 334 g/mol. The fourth-order valence-electron chi connectivity index (χ4n) is 3.40. The van der Waals surface area contributed by atoms with Gasteiger partial charge in [-0.25, -0.2) is 8.78 Å². The molecular formula is C16H18F2N4OS. The van der Waals surface area contributed by atoms with Crippen molar-refractivity contribution in [2.45, 2.75) is 31.5 Å². The van der Waals surface area contributed by atoms with Crippen LogP contribution >= 0.6 is 11.3 Å². The van der Waals surface area contributed by atoms with Crippen molar-refractivity contribution in [2.24, 2.45) is 0 Å². The van der Waals surface area contributed by atoms with E-state index in [2.05, 4.69) is 26.8 Å². The van der Waals surface area contributed by atoms with Gasteiger partial charge in [0.1, 0.15) is 0 Å². The lowest BCUT2D eigenvalue weighted by Gasteiger charge is -2.40. The van der Waals surface area contributed by atoms with E-state index in [4.69, 9.17) is 0 Å². The Morgan fingerprint density at radius 1 is 1.38 bits per heavy atom. The Morgan fingerprint density at radius 3 is 2.92 bits per heavy atom. The number of alkyl halides is 2. The SMILES string of the molecule is O=C(CC1CN(Cc2ccsc2)Cc2ccnn21)N1CC(F)(F)C1. The summed E-state index contributed by atoms with van der Waals surface area (Å²) in [5, 5.41) is 8.50. The molecule has 1 saturated heterocycles. The lowest BCUT2D eigenvalue weighted by Crippen LogP contribution is -2.58. The zero-order valence-electron chi connectivity index (χ0n) is 13.1. The van der Waals surface area contributed by atoms with E-state index in [1.165, 1.54) is 10.5 Å². The van der Waals surface area contributed by atoms with Crippen molar-refractivity contribution in [3.63, 3.8) is 0 Å². The molecule has 0 N–H and O–H groups in total. The predicted octanol–water partition coefficient (Wildman–Crippen LogP) is 2.37. The van der Waals surface area contributed by atoms with Crippen LogP contribution in [0.4, 0.5) is 8.78 Å². The van der Waals surface area contributed by atoms with Crippen LogP contribution in [0.1, 0.15) is 23.7 Å². The minimum absolute atomic E-state index is 0.107. The molecule has 2 aliphatic rings. The molecule has 0 spiro atoms. The van der Waals surface area contributed by atoms with Gasteiger partial charge in [-0.15, -0.1) is 0 Å². The smallest absolute Gasteiger partial charge is 0.282 e. The summed E-state index contributed by atoms with van der Waals surface area (Å²) in [5.74, 6) is -2.94. The Morgan fingerprint density at radius 2 is 2.21 bits per heavy atom. The predicted molar refractivity (Wildman–Crippen MR) is 85.8 cm³/mol. The molecule has 4 rings (SSSR count). The zero-order chi connectivity index (χ0) is 16.7. The highest BCUT2D eigenvalue weighted by atomic mass is 32.1. The molecule has 2 aromatic rings. The Hall–Kier alpha value is -1.80. The van der Waals surface area contributed by atoms with Gasteiger partial charge in [0.05, 0.1) is 31.2 Å². The molecule has 4 heterocycles. The number of hydrogen-bond donors (Lipinski definition) is 0. The van der Waals surface area contributed by atoms with Crippen molar-refractivity contribution in [3.8, 4) is 0 Å². The Balaban J connectivity index is 1.44. The van der Waals surface area contributed by atoms with Crippen LogP contribution in [0, 0.1) is 0 Å². The number of nitrogens with zero attached hydrogens (tertiary/aromatic N) is 4. The third kappa shape index (κ3) is 3.08. The van der Waals surface area contributed by atoms with Gasteiger partial charge < -0.3 is 4.90 Å². The molecule has 24 heavy (non-hydrogen) atoms. The van der Waals surface area contributed by atoms with Crippen molar-refractivity contribution in [1.82, 2.24) is 19.6 Å². The molecule has 1 amide bonds. The molecule has 8 heteroatoms. The van der Waals surface area contributed by atoms with Gasteiger partial charge in [-0.1, -0.05) is 0 Å². The van der Waals surface area contributed by atoms with E-state index in [0.29, 0.717) is 6.54 Å². The molecule has 1 unspecified atom stereocenters. The van der Waals surface area contributed by atoms with Crippen LogP contribution in [0.2, 0.25) is 0 Å². The van der Waals surface area contributed by atoms with Crippen molar-refractivity contribution < 1.29 is 13.6 Å². The Kier molecular flexibility index (Phi) is 3.88. The van der Waals surface area contributed by atoms with Gasteiger partial charge in [0.15, 0.2) is 0 Å². The first-order valence-electron chi connectivity index (χ1n) is 7.92. The van der Waals surface area contributed by atoms with E-state index in [1.807, 2.05) is 10.7 Å². The number of fused-ring (bicyclic) bond motifs is 1. The third-order valence-electron chi connectivity index (χ3n) is 4.55. The molecule has 2 aliphatic heterocycles. The number of carbonyl (C=O) groups excluding carboxylic acids is 1. The summed E-state index contributed by atoms with van der Waals surface area (Å²) in [6, 6.07) is 3.94. The average molecular weight is 352 g/mol. The number of likely N-dealkylation sites (tertiary alicyclic amines) is 1. The summed E-state index contributed by atoms with van der Waals surface area (Å²) in [7, 11) is 0. The van der Waals surface area contributed by atoms with Gasteiger partial charge in [0, 0.05) is 25.8 Å². The summed E-state index contributed by atoms with van der Waals surface area (Å²) in [4.78, 5) is 15.8. The maximum Gasteiger partial charge on any atom is 0.282 e. The Bertz CT molecular complexity index is 722. The number of carbonyl (C=O) groups is 1. The molecule has 0 radical (unpaired) electrons. The number of aromatic nitrogens is 2. The van der Waals surface area contributed by atoms with Crippen LogP contribution in [-0.4, -0.2) is 51.0 Å². The fourth-order valence-corrected chi connectivity index (χ4v) is 4.06. The van der Waals surface area contributed by atoms with E-state index in [9.17, 15) is 13.6 Å². The summed E-state index contributed by atoms with van der Waals surface area (Å²) in [6.07, 6.45) is 1.95. The van der Waals surface area contributed by atoms with Crippen molar-refractivity contribution in [1.29, 1.82) is 0 Å². The van der Waals surface area contributed by atoms with E-state index < -0.39 is 19.0 Å². The summed E-state index contributed by atoms with van der Waals surface area (Å²) in [5.41, 5.74) is 2.31. The number of halogens is 2. The molecule has 0 aromatic carbocycles. The summed E-state index contributed by atoms with van der Waals surface area (Å²) < 4.78 is 27.8. The highest BCUT2D eigenvalue weighted by molar-refractivity contribution is 7.07. The second kappa shape index (κ2) is 5.93. The van der Waals surface area contributed by atoms with Crippen molar-refractivity contribution in [2.75, 3.05) is 19.6 Å². The van der Waals surface area contributed by atoms with Crippen LogP contribution in [-0.2, 0) is 17.9 Å². The minimum atomic E-state index is -2.72. The zero-order valence-corrected chi connectivity index (χ0v) is 13.9. The van der Waals surface area contributed by atoms with Crippen LogP contribution in [0.5, 0.6) is 0 Å². The number of hydrogen-bond acceptors (Lipinski definition) is 4. The molecule has 5 nitrogen and oxygen atoms in total. The van der Waals surface area contributed by atoms with E-state index in [-0.39, 0.29) is 18.4 Å². The van der Waals surface area contributed by atoms with E-state index in [0.717, 1.165) is 18.8 Å². The van der Waals surface area contributed by atoms with Gasteiger partial charge in [-0.2, -0.15) is 16.4 Å².